The van der Waals surface area contributed by atoms with Crippen LogP contribution in [0.4, 0.5) is 0 Å². The maximum Gasteiger partial charge on any atom is 0.135 e. The van der Waals surface area contributed by atoms with E-state index in [2.05, 4.69) is 171 Å². The maximum absolute atomic E-state index is 6.18. The second-order valence-electron chi connectivity index (χ2n) is 13.8. The van der Waals surface area contributed by atoms with Crippen LogP contribution in [-0.4, -0.2) is 0 Å². The van der Waals surface area contributed by atoms with Crippen molar-refractivity contribution in [2.75, 3.05) is 0 Å². The molecule has 0 atom stereocenters. The highest BCUT2D eigenvalue weighted by Gasteiger charge is 2.14. The summed E-state index contributed by atoms with van der Waals surface area (Å²) in [7, 11) is 0. The number of fused-ring (bicyclic) bond motifs is 6. The van der Waals surface area contributed by atoms with Gasteiger partial charge in [-0.25, -0.2) is 0 Å². The number of aryl methyl sites for hydroxylation is 1. The number of hydrogen-bond acceptors (Lipinski definition) is 2. The number of thiophene rings is 1. The lowest BCUT2D eigenvalue weighted by molar-refractivity contribution is 0.669. The highest BCUT2D eigenvalue weighted by molar-refractivity contribution is 7.25. The molecule has 52 heavy (non-hydrogen) atoms. The highest BCUT2D eigenvalue weighted by Crippen LogP contribution is 2.40. The lowest BCUT2D eigenvalue weighted by Gasteiger charge is -2.14. The number of rotatable bonds is 6. The molecule has 2 heteroatoms. The number of hydrogen-bond donors (Lipinski definition) is 0. The molecule has 0 saturated carbocycles. The topological polar surface area (TPSA) is 13.1 Å². The molecule has 0 amide bonds. The summed E-state index contributed by atoms with van der Waals surface area (Å²) >= 11 is 1.86. The fourth-order valence-electron chi connectivity index (χ4n) is 7.74. The fraction of sp³-hybridized carbons (Fsp3) is 0.0400. The summed E-state index contributed by atoms with van der Waals surface area (Å²) in [5.41, 5.74) is 15.5. The molecule has 0 fully saturated rings. The molecule has 2 heterocycles. The molecule has 246 valence electrons. The van der Waals surface area contributed by atoms with E-state index in [0.29, 0.717) is 0 Å². The minimum absolute atomic E-state index is 0.849. The average Bonchev–Trinajstić information content (AvgIpc) is 3.76. The first-order valence-electron chi connectivity index (χ1n) is 17.9. The van der Waals surface area contributed by atoms with Crippen molar-refractivity contribution in [2.45, 2.75) is 13.3 Å². The number of benzene rings is 8. The van der Waals surface area contributed by atoms with Crippen LogP contribution in [0.25, 0.3) is 86.6 Å². The molecule has 0 radical (unpaired) electrons. The van der Waals surface area contributed by atoms with Gasteiger partial charge in [0, 0.05) is 30.9 Å². The molecule has 1 nitrogen and oxygen atoms in total. The first kappa shape index (κ1) is 30.6. The predicted molar refractivity (Wildman–Crippen MR) is 222 cm³/mol. The molecular weight excluding hydrogens is 649 g/mol. The largest absolute Gasteiger partial charge is 0.456 e. The molecule has 0 spiro atoms. The Bertz CT molecular complexity index is 2920. The van der Waals surface area contributed by atoms with Crippen molar-refractivity contribution >= 4 is 53.4 Å². The van der Waals surface area contributed by atoms with Gasteiger partial charge in [-0.2, -0.15) is 0 Å². The summed E-state index contributed by atoms with van der Waals surface area (Å²) in [6.45, 7) is 2.14. The van der Waals surface area contributed by atoms with Crippen LogP contribution in [-0.2, 0) is 6.42 Å². The summed E-state index contributed by atoms with van der Waals surface area (Å²) in [5.74, 6) is 0. The Morgan fingerprint density at radius 1 is 0.385 bits per heavy atom. The number of furan rings is 1. The lowest BCUT2D eigenvalue weighted by atomic mass is 9.90. The van der Waals surface area contributed by atoms with Crippen LogP contribution >= 0.6 is 11.3 Å². The van der Waals surface area contributed by atoms with Crippen LogP contribution in [0.5, 0.6) is 0 Å². The highest BCUT2D eigenvalue weighted by atomic mass is 32.1. The molecule has 0 bridgehead atoms. The first-order valence-corrected chi connectivity index (χ1v) is 18.7. The van der Waals surface area contributed by atoms with E-state index in [-0.39, 0.29) is 0 Å². The standard InChI is InChI=1S/C50H34OS/c1-32-14-19-35(20-15-32)41-25-18-34(29-44(41)38-23-26-48-45(30-38)42-10-4-6-12-47(42)51-48)28-33-16-21-36(22-17-33)39-8-2-3-9-40(39)37-24-27-50-46(31-37)43-11-5-7-13-49(43)52-50/h2-27,29-31H,28H2,1H3. The van der Waals surface area contributed by atoms with Crippen LogP contribution in [0.15, 0.2) is 180 Å². The molecule has 0 aliphatic rings. The Kier molecular flexibility index (Phi) is 7.37. The van der Waals surface area contributed by atoms with Gasteiger partial charge < -0.3 is 4.42 Å². The van der Waals surface area contributed by atoms with Gasteiger partial charge in [0.15, 0.2) is 0 Å². The third kappa shape index (κ3) is 5.40. The molecule has 10 rings (SSSR count). The minimum atomic E-state index is 0.849. The van der Waals surface area contributed by atoms with Crippen molar-refractivity contribution in [1.82, 2.24) is 0 Å². The van der Waals surface area contributed by atoms with E-state index in [1.807, 2.05) is 23.5 Å². The molecule has 10 aromatic rings. The Hall–Kier alpha value is -6.22. The van der Waals surface area contributed by atoms with Gasteiger partial charge in [-0.15, -0.1) is 11.3 Å². The van der Waals surface area contributed by atoms with Gasteiger partial charge in [0.2, 0.25) is 0 Å². The molecule has 0 aliphatic carbocycles. The fourth-order valence-corrected chi connectivity index (χ4v) is 8.82. The predicted octanol–water partition coefficient (Wildman–Crippen LogP) is 14.5. The molecule has 8 aromatic carbocycles. The normalized spacial score (nSPS) is 11.6. The van der Waals surface area contributed by atoms with Gasteiger partial charge in [0.05, 0.1) is 0 Å². The van der Waals surface area contributed by atoms with Gasteiger partial charge in [-0.3, -0.25) is 0 Å². The van der Waals surface area contributed by atoms with Crippen molar-refractivity contribution in [1.29, 1.82) is 0 Å². The maximum atomic E-state index is 6.18. The monoisotopic (exact) mass is 682 g/mol. The quantitative estimate of drug-likeness (QED) is 0.170. The van der Waals surface area contributed by atoms with Gasteiger partial charge >= 0.3 is 0 Å². The van der Waals surface area contributed by atoms with E-state index in [1.54, 1.807) is 0 Å². The second-order valence-corrected chi connectivity index (χ2v) is 14.9. The van der Waals surface area contributed by atoms with Crippen molar-refractivity contribution in [3.8, 4) is 44.5 Å². The summed E-state index contributed by atoms with van der Waals surface area (Å²) in [6.07, 6.45) is 0.849. The van der Waals surface area contributed by atoms with E-state index in [9.17, 15) is 0 Å². The Labute approximate surface area is 307 Å². The third-order valence-corrected chi connectivity index (χ3v) is 11.6. The van der Waals surface area contributed by atoms with E-state index in [1.165, 1.54) is 81.4 Å². The van der Waals surface area contributed by atoms with Crippen LogP contribution in [0.1, 0.15) is 16.7 Å². The van der Waals surface area contributed by atoms with Crippen LogP contribution in [0.3, 0.4) is 0 Å². The SMILES string of the molecule is Cc1ccc(-c2ccc(Cc3ccc(-c4ccccc4-c4ccc5sc6ccccc6c5c4)cc3)cc2-c2ccc3oc4ccccc4c3c2)cc1. The van der Waals surface area contributed by atoms with E-state index in [0.717, 1.165) is 28.4 Å². The summed E-state index contributed by atoms with van der Waals surface area (Å²) < 4.78 is 8.84. The summed E-state index contributed by atoms with van der Waals surface area (Å²) in [6, 6.07) is 64.3. The van der Waals surface area contributed by atoms with E-state index in [4.69, 9.17) is 4.42 Å². The summed E-state index contributed by atoms with van der Waals surface area (Å²) in [5, 5.41) is 4.95. The third-order valence-electron chi connectivity index (χ3n) is 10.4. The van der Waals surface area contributed by atoms with Crippen molar-refractivity contribution < 1.29 is 4.42 Å². The molecule has 0 unspecified atom stereocenters. The van der Waals surface area contributed by atoms with Crippen molar-refractivity contribution in [2.24, 2.45) is 0 Å². The van der Waals surface area contributed by atoms with Crippen LogP contribution < -0.4 is 0 Å². The molecule has 2 aromatic heterocycles. The lowest BCUT2D eigenvalue weighted by Crippen LogP contribution is -1.93. The Morgan fingerprint density at radius 3 is 1.77 bits per heavy atom. The van der Waals surface area contributed by atoms with Gasteiger partial charge in [0.25, 0.3) is 0 Å². The Morgan fingerprint density at radius 2 is 0.942 bits per heavy atom. The summed E-state index contributed by atoms with van der Waals surface area (Å²) in [4.78, 5) is 0. The Balaban J connectivity index is 0.997. The smallest absolute Gasteiger partial charge is 0.135 e. The van der Waals surface area contributed by atoms with Crippen LogP contribution in [0.2, 0.25) is 0 Å². The van der Waals surface area contributed by atoms with E-state index >= 15 is 0 Å². The van der Waals surface area contributed by atoms with E-state index < -0.39 is 0 Å². The number of para-hydroxylation sites is 1. The van der Waals surface area contributed by atoms with Gasteiger partial charge in [-0.1, -0.05) is 145 Å². The van der Waals surface area contributed by atoms with Gasteiger partial charge in [-0.05, 0) is 105 Å². The molecule has 0 N–H and O–H groups in total. The van der Waals surface area contributed by atoms with Crippen LogP contribution in [0, 0.1) is 6.92 Å². The molecular formula is C50H34OS. The first-order chi connectivity index (χ1) is 25.6. The van der Waals surface area contributed by atoms with Crippen molar-refractivity contribution in [3.05, 3.63) is 193 Å². The van der Waals surface area contributed by atoms with Crippen molar-refractivity contribution in [3.63, 3.8) is 0 Å². The minimum Gasteiger partial charge on any atom is -0.456 e. The zero-order valence-corrected chi connectivity index (χ0v) is 29.6. The molecule has 0 saturated heterocycles. The average molecular weight is 683 g/mol. The second kappa shape index (κ2) is 12.5. The molecule has 0 aliphatic heterocycles. The van der Waals surface area contributed by atoms with Gasteiger partial charge in [0.1, 0.15) is 11.2 Å². The zero-order valence-electron chi connectivity index (χ0n) is 28.8. The zero-order chi connectivity index (χ0) is 34.6.